The van der Waals surface area contributed by atoms with E-state index in [-0.39, 0.29) is 0 Å². The van der Waals surface area contributed by atoms with Crippen molar-refractivity contribution in [3.05, 3.63) is 46.8 Å². The standard InChI is InChI=1S/C15H22N4/c1-11-14(12(2)18-17-11)9-16-15-8-6-5-7-13(15)10-19(3)4/h5-8,16H,9-10H2,1-4H3,(H,17,18). The molecule has 4 nitrogen and oxygen atoms in total. The molecule has 0 atom stereocenters. The van der Waals surface area contributed by atoms with Crippen LogP contribution in [-0.2, 0) is 13.1 Å². The van der Waals surface area contributed by atoms with E-state index in [2.05, 4.69) is 65.7 Å². The zero-order valence-electron chi connectivity index (χ0n) is 12.1. The fourth-order valence-electron chi connectivity index (χ4n) is 2.19. The highest BCUT2D eigenvalue weighted by molar-refractivity contribution is 5.51. The molecule has 0 saturated carbocycles. The van der Waals surface area contributed by atoms with Crippen molar-refractivity contribution in [3.8, 4) is 0 Å². The predicted molar refractivity (Wildman–Crippen MR) is 79.2 cm³/mol. The summed E-state index contributed by atoms with van der Waals surface area (Å²) in [7, 11) is 4.17. The van der Waals surface area contributed by atoms with Crippen LogP contribution in [0.2, 0.25) is 0 Å². The average molecular weight is 258 g/mol. The number of aromatic nitrogens is 2. The maximum Gasteiger partial charge on any atom is 0.0643 e. The van der Waals surface area contributed by atoms with E-state index in [0.29, 0.717) is 0 Å². The summed E-state index contributed by atoms with van der Waals surface area (Å²) < 4.78 is 0. The van der Waals surface area contributed by atoms with Gasteiger partial charge in [-0.15, -0.1) is 0 Å². The van der Waals surface area contributed by atoms with Gasteiger partial charge in [0, 0.05) is 30.0 Å². The van der Waals surface area contributed by atoms with E-state index in [1.807, 2.05) is 6.92 Å². The van der Waals surface area contributed by atoms with Crippen LogP contribution in [0.1, 0.15) is 22.5 Å². The van der Waals surface area contributed by atoms with Crippen LogP contribution in [0.25, 0.3) is 0 Å². The van der Waals surface area contributed by atoms with Gasteiger partial charge in [-0.1, -0.05) is 18.2 Å². The van der Waals surface area contributed by atoms with Crippen molar-refractivity contribution in [2.24, 2.45) is 0 Å². The molecule has 0 bridgehead atoms. The summed E-state index contributed by atoms with van der Waals surface area (Å²) in [6.07, 6.45) is 0. The molecular weight excluding hydrogens is 236 g/mol. The number of aromatic amines is 1. The summed E-state index contributed by atoms with van der Waals surface area (Å²) in [5.74, 6) is 0. The smallest absolute Gasteiger partial charge is 0.0643 e. The number of rotatable bonds is 5. The molecule has 1 aromatic carbocycles. The molecule has 2 N–H and O–H groups in total. The first kappa shape index (κ1) is 13.6. The van der Waals surface area contributed by atoms with Crippen molar-refractivity contribution < 1.29 is 0 Å². The van der Waals surface area contributed by atoms with Crippen LogP contribution in [-0.4, -0.2) is 29.2 Å². The Morgan fingerprint density at radius 2 is 1.95 bits per heavy atom. The topological polar surface area (TPSA) is 44.0 Å². The van der Waals surface area contributed by atoms with E-state index >= 15 is 0 Å². The third-order valence-corrected chi connectivity index (χ3v) is 3.24. The molecule has 0 radical (unpaired) electrons. The molecule has 0 aliphatic rings. The Hall–Kier alpha value is -1.81. The summed E-state index contributed by atoms with van der Waals surface area (Å²) in [6.45, 7) is 5.83. The first-order valence-electron chi connectivity index (χ1n) is 6.55. The predicted octanol–water partition coefficient (Wildman–Crippen LogP) is 2.70. The quantitative estimate of drug-likeness (QED) is 0.866. The molecule has 1 heterocycles. The van der Waals surface area contributed by atoms with Gasteiger partial charge in [-0.2, -0.15) is 5.10 Å². The highest BCUT2D eigenvalue weighted by Crippen LogP contribution is 2.18. The SMILES string of the molecule is Cc1n[nH]c(C)c1CNc1ccccc1CN(C)C. The minimum absolute atomic E-state index is 0.804. The number of nitrogens with one attached hydrogen (secondary N) is 2. The fraction of sp³-hybridized carbons (Fsp3) is 0.400. The summed E-state index contributed by atoms with van der Waals surface area (Å²) in [6, 6.07) is 8.44. The van der Waals surface area contributed by atoms with E-state index in [4.69, 9.17) is 0 Å². The first-order chi connectivity index (χ1) is 9.08. The maximum atomic E-state index is 4.23. The van der Waals surface area contributed by atoms with Crippen LogP contribution in [0.15, 0.2) is 24.3 Å². The van der Waals surface area contributed by atoms with Gasteiger partial charge < -0.3 is 10.2 Å². The summed E-state index contributed by atoms with van der Waals surface area (Å²) in [5, 5.41) is 10.8. The third-order valence-electron chi connectivity index (χ3n) is 3.24. The summed E-state index contributed by atoms with van der Waals surface area (Å²) in [5.41, 5.74) is 5.95. The lowest BCUT2D eigenvalue weighted by Crippen LogP contribution is -2.13. The largest absolute Gasteiger partial charge is 0.381 e. The highest BCUT2D eigenvalue weighted by Gasteiger charge is 2.07. The molecular formula is C15H22N4. The molecule has 0 saturated heterocycles. The Balaban J connectivity index is 2.11. The molecule has 19 heavy (non-hydrogen) atoms. The van der Waals surface area contributed by atoms with Crippen molar-refractivity contribution in [3.63, 3.8) is 0 Å². The van der Waals surface area contributed by atoms with E-state index in [9.17, 15) is 0 Å². The molecule has 0 spiro atoms. The van der Waals surface area contributed by atoms with E-state index < -0.39 is 0 Å². The maximum absolute atomic E-state index is 4.23. The second-order valence-electron chi connectivity index (χ2n) is 5.16. The van der Waals surface area contributed by atoms with Crippen LogP contribution in [0, 0.1) is 13.8 Å². The van der Waals surface area contributed by atoms with Gasteiger partial charge in [0.15, 0.2) is 0 Å². The molecule has 0 unspecified atom stereocenters. The van der Waals surface area contributed by atoms with Crippen molar-refractivity contribution >= 4 is 5.69 Å². The van der Waals surface area contributed by atoms with Crippen molar-refractivity contribution in [2.75, 3.05) is 19.4 Å². The molecule has 0 amide bonds. The molecule has 0 aliphatic heterocycles. The van der Waals surface area contributed by atoms with E-state index in [0.717, 1.165) is 24.5 Å². The number of para-hydroxylation sites is 1. The Kier molecular flexibility index (Phi) is 4.22. The zero-order valence-corrected chi connectivity index (χ0v) is 12.1. The number of H-pyrrole nitrogens is 1. The number of nitrogens with zero attached hydrogens (tertiary/aromatic N) is 2. The van der Waals surface area contributed by atoms with Crippen LogP contribution < -0.4 is 5.32 Å². The van der Waals surface area contributed by atoms with Crippen molar-refractivity contribution in [1.29, 1.82) is 0 Å². The van der Waals surface area contributed by atoms with Gasteiger partial charge in [0.25, 0.3) is 0 Å². The second kappa shape index (κ2) is 5.89. The van der Waals surface area contributed by atoms with Crippen LogP contribution >= 0.6 is 0 Å². The molecule has 102 valence electrons. The number of aryl methyl sites for hydroxylation is 2. The Morgan fingerprint density at radius 3 is 2.58 bits per heavy atom. The molecule has 2 rings (SSSR count). The summed E-state index contributed by atoms with van der Waals surface area (Å²) >= 11 is 0. The normalized spacial score (nSPS) is 11.0. The number of anilines is 1. The van der Waals surface area contributed by atoms with Gasteiger partial charge in [0.2, 0.25) is 0 Å². The fourth-order valence-corrected chi connectivity index (χ4v) is 2.19. The lowest BCUT2D eigenvalue weighted by molar-refractivity contribution is 0.403. The molecule has 0 aliphatic carbocycles. The van der Waals surface area contributed by atoms with Gasteiger partial charge in [0.05, 0.1) is 5.69 Å². The summed E-state index contributed by atoms with van der Waals surface area (Å²) in [4.78, 5) is 2.18. The van der Waals surface area contributed by atoms with Gasteiger partial charge >= 0.3 is 0 Å². The van der Waals surface area contributed by atoms with Gasteiger partial charge in [-0.25, -0.2) is 0 Å². The van der Waals surface area contributed by atoms with Gasteiger partial charge in [-0.3, -0.25) is 5.10 Å². The van der Waals surface area contributed by atoms with Gasteiger partial charge in [0.1, 0.15) is 0 Å². The average Bonchev–Trinajstić information content (AvgIpc) is 2.68. The number of hydrogen-bond donors (Lipinski definition) is 2. The second-order valence-corrected chi connectivity index (χ2v) is 5.16. The van der Waals surface area contributed by atoms with Crippen LogP contribution in [0.4, 0.5) is 5.69 Å². The monoisotopic (exact) mass is 258 g/mol. The minimum atomic E-state index is 0.804. The van der Waals surface area contributed by atoms with E-state index in [1.54, 1.807) is 0 Å². The molecule has 1 aromatic heterocycles. The third kappa shape index (κ3) is 3.35. The molecule has 4 heteroatoms. The molecule has 0 fully saturated rings. The Morgan fingerprint density at radius 1 is 1.21 bits per heavy atom. The molecule has 2 aromatic rings. The van der Waals surface area contributed by atoms with E-state index in [1.165, 1.54) is 16.8 Å². The Bertz CT molecular complexity index is 523. The minimum Gasteiger partial charge on any atom is -0.381 e. The number of hydrogen-bond acceptors (Lipinski definition) is 3. The Labute approximate surface area is 114 Å². The first-order valence-corrected chi connectivity index (χ1v) is 6.55. The number of benzene rings is 1. The lowest BCUT2D eigenvalue weighted by Gasteiger charge is -2.15. The van der Waals surface area contributed by atoms with Crippen molar-refractivity contribution in [1.82, 2.24) is 15.1 Å². The van der Waals surface area contributed by atoms with Crippen molar-refractivity contribution in [2.45, 2.75) is 26.9 Å². The zero-order chi connectivity index (χ0) is 13.8. The van der Waals surface area contributed by atoms with Gasteiger partial charge in [-0.05, 0) is 39.6 Å². The van der Waals surface area contributed by atoms with Crippen LogP contribution in [0.5, 0.6) is 0 Å². The van der Waals surface area contributed by atoms with Crippen LogP contribution in [0.3, 0.4) is 0 Å². The highest BCUT2D eigenvalue weighted by atomic mass is 15.1. The lowest BCUT2D eigenvalue weighted by atomic mass is 10.1.